The van der Waals surface area contributed by atoms with E-state index in [2.05, 4.69) is 10.6 Å². The molecule has 6 heteroatoms. The summed E-state index contributed by atoms with van der Waals surface area (Å²) in [4.78, 5) is 12.6. The van der Waals surface area contributed by atoms with Crippen LogP contribution in [-0.4, -0.2) is 43.7 Å². The van der Waals surface area contributed by atoms with Crippen LogP contribution in [0.1, 0.15) is 44.1 Å². The molecule has 6 nitrogen and oxygen atoms in total. The SMILES string of the molecule is COC1=CCCC=C(CNC2CCCCC2NCc2cccc(OC)c2O)C1=O. The number of carbonyl (C=O) groups is 1. The summed E-state index contributed by atoms with van der Waals surface area (Å²) in [5.74, 6) is 1.11. The zero-order chi connectivity index (χ0) is 20.6. The van der Waals surface area contributed by atoms with Crippen molar-refractivity contribution in [3.05, 3.63) is 47.2 Å². The molecule has 2 unspecified atom stereocenters. The number of methoxy groups -OCH3 is 2. The fourth-order valence-corrected chi connectivity index (χ4v) is 4.12. The summed E-state index contributed by atoms with van der Waals surface area (Å²) in [6.07, 6.45) is 10.1. The highest BCUT2D eigenvalue weighted by molar-refractivity contribution is 6.07. The molecule has 158 valence electrons. The highest BCUT2D eigenvalue weighted by Gasteiger charge is 2.26. The van der Waals surface area contributed by atoms with Crippen molar-refractivity contribution in [2.75, 3.05) is 20.8 Å². The number of nitrogens with one attached hydrogen (secondary N) is 2. The third kappa shape index (κ3) is 5.40. The van der Waals surface area contributed by atoms with Crippen molar-refractivity contribution in [2.24, 2.45) is 0 Å². The van der Waals surface area contributed by atoms with E-state index in [0.29, 0.717) is 24.6 Å². The summed E-state index contributed by atoms with van der Waals surface area (Å²) in [6, 6.07) is 6.11. The normalized spacial score (nSPS) is 22.5. The van der Waals surface area contributed by atoms with Gasteiger partial charge in [0.15, 0.2) is 17.3 Å². The lowest BCUT2D eigenvalue weighted by molar-refractivity contribution is -0.115. The molecule has 29 heavy (non-hydrogen) atoms. The van der Waals surface area contributed by atoms with Gasteiger partial charge in [-0.05, 0) is 37.8 Å². The number of phenolic OH excluding ortho intramolecular Hbond substituents is 1. The molecule has 1 aromatic carbocycles. The van der Waals surface area contributed by atoms with Crippen molar-refractivity contribution in [2.45, 2.75) is 57.2 Å². The summed E-state index contributed by atoms with van der Waals surface area (Å²) in [5, 5.41) is 17.5. The molecule has 2 aliphatic rings. The van der Waals surface area contributed by atoms with Gasteiger partial charge < -0.3 is 25.2 Å². The van der Waals surface area contributed by atoms with Crippen LogP contribution in [0.25, 0.3) is 0 Å². The first-order valence-corrected chi connectivity index (χ1v) is 10.4. The number of rotatable bonds is 8. The Kier molecular flexibility index (Phi) is 7.72. The lowest BCUT2D eigenvalue weighted by Crippen LogP contribution is -2.50. The second kappa shape index (κ2) is 10.5. The second-order valence-corrected chi connectivity index (χ2v) is 7.64. The number of hydrogen-bond donors (Lipinski definition) is 3. The van der Waals surface area contributed by atoms with Crippen LogP contribution in [0.5, 0.6) is 11.5 Å². The molecule has 0 spiro atoms. The van der Waals surface area contributed by atoms with E-state index in [9.17, 15) is 9.90 Å². The number of carbonyl (C=O) groups excluding carboxylic acids is 1. The minimum Gasteiger partial charge on any atom is -0.504 e. The van der Waals surface area contributed by atoms with Crippen molar-refractivity contribution in [1.29, 1.82) is 0 Å². The van der Waals surface area contributed by atoms with Gasteiger partial charge in [0.05, 0.1) is 14.2 Å². The topological polar surface area (TPSA) is 79.8 Å². The van der Waals surface area contributed by atoms with Crippen LogP contribution in [0, 0.1) is 0 Å². The van der Waals surface area contributed by atoms with E-state index in [1.54, 1.807) is 20.3 Å². The highest BCUT2D eigenvalue weighted by Crippen LogP contribution is 2.29. The average molecular weight is 401 g/mol. The number of aromatic hydroxyl groups is 1. The van der Waals surface area contributed by atoms with E-state index in [4.69, 9.17) is 9.47 Å². The lowest BCUT2D eigenvalue weighted by atomic mass is 9.89. The molecule has 2 atom stereocenters. The number of allylic oxidation sites excluding steroid dienone is 3. The largest absolute Gasteiger partial charge is 0.504 e. The van der Waals surface area contributed by atoms with Gasteiger partial charge >= 0.3 is 0 Å². The van der Waals surface area contributed by atoms with E-state index in [0.717, 1.165) is 36.8 Å². The highest BCUT2D eigenvalue weighted by atomic mass is 16.5. The van der Waals surface area contributed by atoms with Gasteiger partial charge in [-0.25, -0.2) is 0 Å². The molecule has 0 bridgehead atoms. The van der Waals surface area contributed by atoms with Crippen LogP contribution < -0.4 is 15.4 Å². The van der Waals surface area contributed by atoms with Crippen LogP contribution in [-0.2, 0) is 16.1 Å². The summed E-state index contributed by atoms with van der Waals surface area (Å²) < 4.78 is 10.4. The van der Waals surface area contributed by atoms with Gasteiger partial charge in [-0.2, -0.15) is 0 Å². The van der Waals surface area contributed by atoms with E-state index >= 15 is 0 Å². The van der Waals surface area contributed by atoms with Crippen molar-refractivity contribution in [1.82, 2.24) is 10.6 Å². The number of para-hydroxylation sites is 1. The molecule has 2 aliphatic carbocycles. The predicted octanol–water partition coefficient (Wildman–Crippen LogP) is 3.21. The molecule has 3 N–H and O–H groups in total. The molecule has 1 aromatic rings. The van der Waals surface area contributed by atoms with Gasteiger partial charge in [0.25, 0.3) is 0 Å². The Morgan fingerprint density at radius 2 is 1.69 bits per heavy atom. The zero-order valence-electron chi connectivity index (χ0n) is 17.4. The molecule has 0 aliphatic heterocycles. The van der Waals surface area contributed by atoms with E-state index in [-0.39, 0.29) is 23.6 Å². The predicted molar refractivity (Wildman–Crippen MR) is 113 cm³/mol. The number of benzene rings is 1. The Balaban J connectivity index is 1.59. The smallest absolute Gasteiger partial charge is 0.224 e. The van der Waals surface area contributed by atoms with Gasteiger partial charge in [0.2, 0.25) is 5.78 Å². The summed E-state index contributed by atoms with van der Waals surface area (Å²) in [6.45, 7) is 1.12. The van der Waals surface area contributed by atoms with Crippen molar-refractivity contribution >= 4 is 5.78 Å². The first kappa shape index (κ1) is 21.4. The minimum atomic E-state index is -0.0147. The standard InChI is InChI=1S/C23H32N2O4/c1-28-20-12-6-3-8-16(22(20)26)14-24-18-10-4-5-11-19(18)25-15-17-9-7-13-21(29-2)23(17)27/h7-9,12-13,18-19,24-25,27H,3-6,10-11,14-15H2,1-2H3. The Morgan fingerprint density at radius 3 is 2.38 bits per heavy atom. The van der Waals surface area contributed by atoms with E-state index in [1.807, 2.05) is 24.3 Å². The summed E-state index contributed by atoms with van der Waals surface area (Å²) in [5.41, 5.74) is 1.61. The monoisotopic (exact) mass is 400 g/mol. The summed E-state index contributed by atoms with van der Waals surface area (Å²) >= 11 is 0. The van der Waals surface area contributed by atoms with Crippen molar-refractivity contribution < 1.29 is 19.4 Å². The molecule has 0 saturated heterocycles. The van der Waals surface area contributed by atoms with Crippen molar-refractivity contribution in [3.8, 4) is 11.5 Å². The molecule has 0 radical (unpaired) electrons. The number of hydrogen-bond acceptors (Lipinski definition) is 6. The van der Waals surface area contributed by atoms with Crippen LogP contribution in [0.2, 0.25) is 0 Å². The molecule has 0 aromatic heterocycles. The minimum absolute atomic E-state index is 0.0147. The molecule has 1 saturated carbocycles. The Morgan fingerprint density at radius 1 is 1.00 bits per heavy atom. The molecule has 0 heterocycles. The number of ketones is 1. The van der Waals surface area contributed by atoms with Gasteiger partial charge in [-0.3, -0.25) is 4.79 Å². The zero-order valence-corrected chi connectivity index (χ0v) is 17.4. The van der Waals surface area contributed by atoms with Crippen molar-refractivity contribution in [3.63, 3.8) is 0 Å². The maximum Gasteiger partial charge on any atom is 0.224 e. The van der Waals surface area contributed by atoms with Gasteiger partial charge in [0, 0.05) is 36.3 Å². The van der Waals surface area contributed by atoms with Crippen LogP contribution in [0.3, 0.4) is 0 Å². The molecule has 3 rings (SSSR count). The van der Waals surface area contributed by atoms with E-state index < -0.39 is 0 Å². The number of ether oxygens (including phenoxy) is 2. The van der Waals surface area contributed by atoms with Crippen LogP contribution >= 0.6 is 0 Å². The Hall–Kier alpha value is -2.31. The lowest BCUT2D eigenvalue weighted by Gasteiger charge is -2.33. The number of phenols is 1. The quantitative estimate of drug-likeness (QED) is 0.622. The van der Waals surface area contributed by atoms with E-state index in [1.165, 1.54) is 12.8 Å². The fraction of sp³-hybridized carbons (Fsp3) is 0.522. The molecule has 0 amide bonds. The maximum atomic E-state index is 12.6. The Labute approximate surface area is 173 Å². The van der Waals surface area contributed by atoms with Gasteiger partial charge in [-0.1, -0.05) is 31.1 Å². The van der Waals surface area contributed by atoms with Crippen LogP contribution in [0.4, 0.5) is 0 Å². The van der Waals surface area contributed by atoms with Gasteiger partial charge in [-0.15, -0.1) is 0 Å². The third-order valence-corrected chi connectivity index (χ3v) is 5.80. The first-order chi connectivity index (χ1) is 14.1. The molecular formula is C23H32N2O4. The Bertz CT molecular complexity index is 772. The molecular weight excluding hydrogens is 368 g/mol. The maximum absolute atomic E-state index is 12.6. The molecule has 1 fully saturated rings. The first-order valence-electron chi connectivity index (χ1n) is 10.4. The fourth-order valence-electron chi connectivity index (χ4n) is 4.12. The average Bonchev–Trinajstić information content (AvgIpc) is 2.93. The van der Waals surface area contributed by atoms with Crippen LogP contribution in [0.15, 0.2) is 41.7 Å². The van der Waals surface area contributed by atoms with Gasteiger partial charge in [0.1, 0.15) is 0 Å². The number of Topliss-reactive ketones (excluding diaryl/α,β-unsaturated/α-hetero) is 1. The second-order valence-electron chi connectivity index (χ2n) is 7.64. The summed E-state index contributed by atoms with van der Waals surface area (Å²) in [7, 11) is 3.11. The third-order valence-electron chi connectivity index (χ3n) is 5.80.